The standard InChI is InChI=1S/C12H20N4OS/c1-5-8-6-9(16(4)15-8)10(17)14-7-12(2,3)11(13)18/h6H,5,7H2,1-4H3,(H2,13,18)(H,14,17). The number of hydrogen-bond acceptors (Lipinski definition) is 3. The Balaban J connectivity index is 2.71. The Kier molecular flexibility index (Phi) is 4.45. The Bertz CT molecular complexity index is 465. The molecule has 5 nitrogen and oxygen atoms in total. The van der Waals surface area contributed by atoms with Gasteiger partial charge in [0, 0.05) is 19.0 Å². The van der Waals surface area contributed by atoms with Crippen LogP contribution in [0.1, 0.15) is 37.0 Å². The summed E-state index contributed by atoms with van der Waals surface area (Å²) in [6.07, 6.45) is 0.805. The molecule has 0 radical (unpaired) electrons. The summed E-state index contributed by atoms with van der Waals surface area (Å²) in [5, 5.41) is 7.07. The van der Waals surface area contributed by atoms with Crippen LogP contribution in [0.2, 0.25) is 0 Å². The van der Waals surface area contributed by atoms with Crippen LogP contribution < -0.4 is 11.1 Å². The molecule has 1 amide bonds. The van der Waals surface area contributed by atoms with Crippen molar-refractivity contribution in [3.8, 4) is 0 Å². The summed E-state index contributed by atoms with van der Waals surface area (Å²) < 4.78 is 1.59. The van der Waals surface area contributed by atoms with Crippen molar-refractivity contribution in [1.82, 2.24) is 15.1 Å². The van der Waals surface area contributed by atoms with Crippen molar-refractivity contribution in [1.29, 1.82) is 0 Å². The summed E-state index contributed by atoms with van der Waals surface area (Å²) >= 11 is 4.96. The quantitative estimate of drug-likeness (QED) is 0.782. The van der Waals surface area contributed by atoms with Crippen LogP contribution in [0.5, 0.6) is 0 Å². The highest BCUT2D eigenvalue weighted by Crippen LogP contribution is 2.14. The second-order valence-electron chi connectivity index (χ2n) is 4.93. The third-order valence-electron chi connectivity index (χ3n) is 2.88. The van der Waals surface area contributed by atoms with Crippen molar-refractivity contribution in [2.24, 2.45) is 18.2 Å². The predicted octanol–water partition coefficient (Wildman–Crippen LogP) is 1.02. The lowest BCUT2D eigenvalue weighted by Crippen LogP contribution is -2.41. The van der Waals surface area contributed by atoms with Gasteiger partial charge in [-0.05, 0) is 12.5 Å². The molecule has 0 fully saturated rings. The molecule has 1 rings (SSSR count). The molecule has 6 heteroatoms. The molecule has 0 atom stereocenters. The van der Waals surface area contributed by atoms with Gasteiger partial charge in [-0.25, -0.2) is 0 Å². The lowest BCUT2D eigenvalue weighted by atomic mass is 9.93. The minimum atomic E-state index is -0.392. The highest BCUT2D eigenvalue weighted by atomic mass is 32.1. The van der Waals surface area contributed by atoms with Crippen molar-refractivity contribution >= 4 is 23.1 Å². The van der Waals surface area contributed by atoms with Gasteiger partial charge in [-0.2, -0.15) is 5.10 Å². The summed E-state index contributed by atoms with van der Waals surface area (Å²) in [6, 6.07) is 1.79. The molecule has 100 valence electrons. The first-order valence-corrected chi connectivity index (χ1v) is 6.29. The molecule has 18 heavy (non-hydrogen) atoms. The zero-order valence-electron chi connectivity index (χ0n) is 11.3. The fraction of sp³-hybridized carbons (Fsp3) is 0.583. The van der Waals surface area contributed by atoms with Gasteiger partial charge in [-0.1, -0.05) is 33.0 Å². The highest BCUT2D eigenvalue weighted by Gasteiger charge is 2.23. The average Bonchev–Trinajstić information content (AvgIpc) is 2.67. The maximum absolute atomic E-state index is 12.0. The zero-order chi connectivity index (χ0) is 13.9. The van der Waals surface area contributed by atoms with Gasteiger partial charge in [-0.15, -0.1) is 0 Å². The van der Waals surface area contributed by atoms with E-state index in [2.05, 4.69) is 10.4 Å². The average molecular weight is 268 g/mol. The number of thiocarbonyl (C=S) groups is 1. The van der Waals surface area contributed by atoms with E-state index in [1.54, 1.807) is 17.8 Å². The van der Waals surface area contributed by atoms with Gasteiger partial charge in [0.25, 0.3) is 5.91 Å². The summed E-state index contributed by atoms with van der Waals surface area (Å²) in [5.74, 6) is -0.158. The van der Waals surface area contributed by atoms with Crippen LogP contribution in [0.15, 0.2) is 6.07 Å². The smallest absolute Gasteiger partial charge is 0.269 e. The number of carbonyl (C=O) groups excluding carboxylic acids is 1. The topological polar surface area (TPSA) is 72.9 Å². The number of nitrogens with one attached hydrogen (secondary N) is 1. The van der Waals surface area contributed by atoms with Crippen molar-refractivity contribution in [3.05, 3.63) is 17.5 Å². The number of rotatable bonds is 5. The fourth-order valence-corrected chi connectivity index (χ4v) is 1.46. The van der Waals surface area contributed by atoms with Crippen LogP contribution in [0.25, 0.3) is 0 Å². The zero-order valence-corrected chi connectivity index (χ0v) is 12.1. The Morgan fingerprint density at radius 3 is 2.67 bits per heavy atom. The van der Waals surface area contributed by atoms with E-state index in [9.17, 15) is 4.79 Å². The number of aryl methyl sites for hydroxylation is 2. The van der Waals surface area contributed by atoms with Crippen molar-refractivity contribution < 1.29 is 4.79 Å². The summed E-state index contributed by atoms with van der Waals surface area (Å²) in [6.45, 7) is 6.21. The van der Waals surface area contributed by atoms with Crippen molar-refractivity contribution in [3.63, 3.8) is 0 Å². The normalized spacial score (nSPS) is 11.3. The summed E-state index contributed by atoms with van der Waals surface area (Å²) in [7, 11) is 1.76. The van der Waals surface area contributed by atoms with E-state index in [0.29, 0.717) is 17.2 Å². The van der Waals surface area contributed by atoms with Crippen LogP contribution >= 0.6 is 12.2 Å². The van der Waals surface area contributed by atoms with Crippen LogP contribution in [0.3, 0.4) is 0 Å². The first-order valence-electron chi connectivity index (χ1n) is 5.89. The molecule has 0 bridgehead atoms. The number of hydrogen-bond donors (Lipinski definition) is 2. The van der Waals surface area contributed by atoms with Gasteiger partial charge >= 0.3 is 0 Å². The van der Waals surface area contributed by atoms with Crippen molar-refractivity contribution in [2.75, 3.05) is 6.54 Å². The van der Waals surface area contributed by atoms with Crippen LogP contribution in [0.4, 0.5) is 0 Å². The van der Waals surface area contributed by atoms with E-state index in [4.69, 9.17) is 18.0 Å². The van der Waals surface area contributed by atoms with Gasteiger partial charge in [-0.3, -0.25) is 9.48 Å². The van der Waals surface area contributed by atoms with E-state index in [1.165, 1.54) is 0 Å². The molecule has 0 aliphatic carbocycles. The van der Waals surface area contributed by atoms with Crippen LogP contribution in [-0.2, 0) is 13.5 Å². The lowest BCUT2D eigenvalue weighted by molar-refractivity contribution is 0.0935. The first-order chi connectivity index (χ1) is 8.27. The molecule has 3 N–H and O–H groups in total. The molecule has 0 saturated carbocycles. The van der Waals surface area contributed by atoms with Crippen LogP contribution in [0, 0.1) is 5.41 Å². The molecule has 0 spiro atoms. The largest absolute Gasteiger partial charge is 0.393 e. The van der Waals surface area contributed by atoms with E-state index in [-0.39, 0.29) is 5.91 Å². The second kappa shape index (κ2) is 5.48. The SMILES string of the molecule is CCc1cc(C(=O)NCC(C)(C)C(N)=S)n(C)n1. The van der Waals surface area contributed by atoms with Gasteiger partial charge in [0.2, 0.25) is 0 Å². The summed E-state index contributed by atoms with van der Waals surface area (Å²) in [4.78, 5) is 12.4. The highest BCUT2D eigenvalue weighted by molar-refractivity contribution is 7.80. The molecule has 1 aromatic heterocycles. The maximum Gasteiger partial charge on any atom is 0.269 e. The Hall–Kier alpha value is -1.43. The van der Waals surface area contributed by atoms with Gasteiger partial charge in [0.05, 0.1) is 10.7 Å². The fourth-order valence-electron chi connectivity index (χ4n) is 1.39. The van der Waals surface area contributed by atoms with E-state index in [0.717, 1.165) is 12.1 Å². The van der Waals surface area contributed by atoms with Gasteiger partial charge in [0.15, 0.2) is 0 Å². The number of nitrogens with two attached hydrogens (primary N) is 1. The van der Waals surface area contributed by atoms with Crippen LogP contribution in [-0.4, -0.2) is 27.2 Å². The Labute approximate surface area is 113 Å². The van der Waals surface area contributed by atoms with E-state index in [1.807, 2.05) is 20.8 Å². The molecule has 0 aromatic carbocycles. The molecule has 1 aromatic rings. The molecule has 1 heterocycles. The molecule has 0 saturated heterocycles. The number of carbonyl (C=O) groups is 1. The van der Waals surface area contributed by atoms with Gasteiger partial charge in [0.1, 0.15) is 5.69 Å². The van der Waals surface area contributed by atoms with Gasteiger partial charge < -0.3 is 11.1 Å². The number of aromatic nitrogens is 2. The Morgan fingerprint density at radius 1 is 1.61 bits per heavy atom. The number of nitrogens with zero attached hydrogens (tertiary/aromatic N) is 2. The molecular weight excluding hydrogens is 248 g/mol. The monoisotopic (exact) mass is 268 g/mol. The third-order valence-corrected chi connectivity index (χ3v) is 3.44. The molecular formula is C12H20N4OS. The second-order valence-corrected chi connectivity index (χ2v) is 5.37. The molecule has 0 unspecified atom stereocenters. The lowest BCUT2D eigenvalue weighted by Gasteiger charge is -2.23. The molecule has 0 aliphatic heterocycles. The van der Waals surface area contributed by atoms with E-state index >= 15 is 0 Å². The maximum atomic E-state index is 12.0. The van der Waals surface area contributed by atoms with Crippen molar-refractivity contribution in [2.45, 2.75) is 27.2 Å². The minimum Gasteiger partial charge on any atom is -0.393 e. The summed E-state index contributed by atoms with van der Waals surface area (Å²) in [5.41, 5.74) is 6.67. The number of amides is 1. The third kappa shape index (κ3) is 3.29. The molecule has 0 aliphatic rings. The minimum absolute atomic E-state index is 0.158. The predicted molar refractivity (Wildman–Crippen MR) is 75.5 cm³/mol. The van der Waals surface area contributed by atoms with E-state index < -0.39 is 5.41 Å². The first kappa shape index (κ1) is 14.6. The Morgan fingerprint density at radius 2 is 2.22 bits per heavy atom.